The average Bonchev–Trinajstić information content (AvgIpc) is 3.43. The zero-order chi connectivity index (χ0) is 27.2. The first-order chi connectivity index (χ1) is 18.3. The maximum Gasteiger partial charge on any atom is 0.292 e. The van der Waals surface area contributed by atoms with Gasteiger partial charge in [-0.05, 0) is 43.0 Å². The Labute approximate surface area is 227 Å². The molecule has 2 aromatic carbocycles. The molecule has 3 N–H and O–H groups in total. The molecule has 9 nitrogen and oxygen atoms in total. The van der Waals surface area contributed by atoms with Gasteiger partial charge >= 0.3 is 0 Å². The van der Waals surface area contributed by atoms with E-state index in [1.165, 1.54) is 29.5 Å². The third-order valence-corrected chi connectivity index (χ3v) is 7.79. The molecular formula is C27H23N5O4S2. The SMILES string of the molecule is CC1=C(C(=O)Nc2ccccc2C)[C@H](c2cccs2)C(C#N)=C(SCC(=O)Nc2ccccc2[N+](=O)[O-])N1. The number of para-hydroxylation sites is 3. The standard InChI is InChI=1S/C27H23N5O4S2/c1-16-8-3-4-9-19(16)31-26(34)24-17(2)29-27(18(14-28)25(24)22-12-7-13-37-22)38-15-23(33)30-20-10-5-6-11-21(20)32(35)36/h3-13,25,29H,15H2,1-2H3,(H,30,33)(H,31,34)/t25-/m0/s1. The summed E-state index contributed by atoms with van der Waals surface area (Å²) >= 11 is 2.53. The van der Waals surface area contributed by atoms with Gasteiger partial charge in [-0.25, -0.2) is 0 Å². The van der Waals surface area contributed by atoms with Gasteiger partial charge in [-0.2, -0.15) is 5.26 Å². The Morgan fingerprint density at radius 3 is 2.45 bits per heavy atom. The zero-order valence-electron chi connectivity index (χ0n) is 20.5. The van der Waals surface area contributed by atoms with Gasteiger partial charge in [0.25, 0.3) is 11.6 Å². The van der Waals surface area contributed by atoms with Crippen molar-refractivity contribution in [3.63, 3.8) is 0 Å². The predicted octanol–water partition coefficient (Wildman–Crippen LogP) is 5.67. The van der Waals surface area contributed by atoms with Crippen LogP contribution < -0.4 is 16.0 Å². The fraction of sp³-hybridized carbons (Fsp3) is 0.148. The lowest BCUT2D eigenvalue weighted by molar-refractivity contribution is -0.383. The van der Waals surface area contributed by atoms with Gasteiger partial charge in [-0.3, -0.25) is 19.7 Å². The molecule has 0 unspecified atom stereocenters. The number of thioether (sulfide) groups is 1. The third kappa shape index (κ3) is 5.77. The van der Waals surface area contributed by atoms with Crippen molar-refractivity contribution in [2.24, 2.45) is 0 Å². The van der Waals surface area contributed by atoms with Crippen molar-refractivity contribution in [3.8, 4) is 6.07 Å². The smallest absolute Gasteiger partial charge is 0.292 e. The van der Waals surface area contributed by atoms with Crippen molar-refractivity contribution in [1.29, 1.82) is 5.26 Å². The summed E-state index contributed by atoms with van der Waals surface area (Å²) < 4.78 is 0. The van der Waals surface area contributed by atoms with Gasteiger partial charge in [0.1, 0.15) is 5.69 Å². The number of nitro groups is 1. The maximum absolute atomic E-state index is 13.5. The predicted molar refractivity (Wildman–Crippen MR) is 150 cm³/mol. The molecule has 0 bridgehead atoms. The van der Waals surface area contributed by atoms with Gasteiger partial charge in [-0.15, -0.1) is 11.3 Å². The Balaban J connectivity index is 1.59. The van der Waals surface area contributed by atoms with Crippen LogP contribution in [0.4, 0.5) is 17.1 Å². The highest BCUT2D eigenvalue weighted by Gasteiger charge is 2.35. The molecule has 2 heterocycles. The number of benzene rings is 2. The van der Waals surface area contributed by atoms with Gasteiger partial charge in [-0.1, -0.05) is 48.2 Å². The van der Waals surface area contributed by atoms with E-state index in [-0.39, 0.29) is 23.0 Å². The fourth-order valence-corrected chi connectivity index (χ4v) is 5.77. The molecule has 4 rings (SSSR count). The average molecular weight is 546 g/mol. The van der Waals surface area contributed by atoms with Crippen molar-refractivity contribution >= 4 is 52.0 Å². The van der Waals surface area contributed by atoms with E-state index in [0.717, 1.165) is 22.2 Å². The number of carbonyl (C=O) groups excluding carboxylic acids is 2. The van der Waals surface area contributed by atoms with Crippen molar-refractivity contribution in [1.82, 2.24) is 5.32 Å². The summed E-state index contributed by atoms with van der Waals surface area (Å²) in [5.74, 6) is -1.51. The molecule has 192 valence electrons. The quantitative estimate of drug-likeness (QED) is 0.245. The van der Waals surface area contributed by atoms with Gasteiger partial charge in [0, 0.05) is 27.9 Å². The number of allylic oxidation sites excluding steroid dienone is 2. The first kappa shape index (κ1) is 26.7. The number of thiophene rings is 1. The molecule has 1 atom stereocenters. The Morgan fingerprint density at radius 1 is 1.08 bits per heavy atom. The molecular weight excluding hydrogens is 522 g/mol. The fourth-order valence-electron chi connectivity index (χ4n) is 4.03. The summed E-state index contributed by atoms with van der Waals surface area (Å²) in [7, 11) is 0. The van der Waals surface area contributed by atoms with Crippen LogP contribution in [0.15, 0.2) is 87.9 Å². The van der Waals surface area contributed by atoms with Gasteiger partial charge < -0.3 is 16.0 Å². The number of nitro benzene ring substituents is 1. The molecule has 0 spiro atoms. The van der Waals surface area contributed by atoms with Crippen LogP contribution in [0.5, 0.6) is 0 Å². The number of aryl methyl sites for hydroxylation is 1. The molecule has 0 fully saturated rings. The number of carbonyl (C=O) groups is 2. The number of rotatable bonds is 8. The van der Waals surface area contributed by atoms with E-state index >= 15 is 0 Å². The second-order valence-electron chi connectivity index (χ2n) is 8.35. The van der Waals surface area contributed by atoms with Crippen LogP contribution in [0.3, 0.4) is 0 Å². The Hall–Kier alpha value is -4.40. The van der Waals surface area contributed by atoms with E-state index in [2.05, 4.69) is 22.0 Å². The summed E-state index contributed by atoms with van der Waals surface area (Å²) in [5, 5.41) is 32.4. The lowest BCUT2D eigenvalue weighted by Crippen LogP contribution is -2.31. The van der Waals surface area contributed by atoms with Crippen LogP contribution in [0.25, 0.3) is 0 Å². The number of nitrogens with zero attached hydrogens (tertiary/aromatic N) is 2. The van der Waals surface area contributed by atoms with Gasteiger partial charge in [0.05, 0.1) is 33.3 Å². The molecule has 0 radical (unpaired) electrons. The number of dihydropyridines is 1. The Bertz CT molecular complexity index is 1510. The molecule has 3 aromatic rings. The Kier molecular flexibility index (Phi) is 8.25. The first-order valence-electron chi connectivity index (χ1n) is 11.5. The van der Waals surface area contributed by atoms with Crippen LogP contribution >= 0.6 is 23.1 Å². The van der Waals surface area contributed by atoms with Crippen molar-refractivity contribution in [2.45, 2.75) is 19.8 Å². The highest BCUT2D eigenvalue weighted by molar-refractivity contribution is 8.03. The molecule has 0 saturated heterocycles. The second kappa shape index (κ2) is 11.8. The van der Waals surface area contributed by atoms with Crippen LogP contribution in [-0.2, 0) is 9.59 Å². The van der Waals surface area contributed by atoms with Crippen molar-refractivity contribution in [3.05, 3.63) is 108 Å². The topological polar surface area (TPSA) is 137 Å². The molecule has 1 aliphatic rings. The van der Waals surface area contributed by atoms with E-state index in [1.54, 1.807) is 13.0 Å². The minimum Gasteiger partial charge on any atom is -0.353 e. The maximum atomic E-state index is 13.5. The van der Waals surface area contributed by atoms with E-state index in [9.17, 15) is 25.0 Å². The second-order valence-corrected chi connectivity index (χ2v) is 10.3. The number of hydrogen-bond donors (Lipinski definition) is 3. The summed E-state index contributed by atoms with van der Waals surface area (Å²) in [6.07, 6.45) is 0. The number of nitriles is 1. The molecule has 0 saturated carbocycles. The summed E-state index contributed by atoms with van der Waals surface area (Å²) in [6.45, 7) is 3.66. The lowest BCUT2D eigenvalue weighted by Gasteiger charge is -2.29. The molecule has 0 aliphatic carbocycles. The van der Waals surface area contributed by atoms with Crippen molar-refractivity contribution < 1.29 is 14.5 Å². The van der Waals surface area contributed by atoms with E-state index in [4.69, 9.17) is 0 Å². The lowest BCUT2D eigenvalue weighted by atomic mass is 9.86. The molecule has 38 heavy (non-hydrogen) atoms. The minimum atomic E-state index is -0.619. The van der Waals surface area contributed by atoms with Crippen molar-refractivity contribution in [2.75, 3.05) is 16.4 Å². The largest absolute Gasteiger partial charge is 0.353 e. The van der Waals surface area contributed by atoms with E-state index in [1.807, 2.05) is 48.7 Å². The van der Waals surface area contributed by atoms with E-state index in [0.29, 0.717) is 27.6 Å². The number of amides is 2. The third-order valence-electron chi connectivity index (χ3n) is 5.84. The summed E-state index contributed by atoms with van der Waals surface area (Å²) in [4.78, 5) is 37.7. The minimum absolute atomic E-state index is 0.0943. The number of nitrogens with one attached hydrogen (secondary N) is 3. The normalized spacial score (nSPS) is 14.9. The van der Waals surface area contributed by atoms with Gasteiger partial charge in [0.15, 0.2) is 0 Å². The Morgan fingerprint density at radius 2 is 1.79 bits per heavy atom. The van der Waals surface area contributed by atoms with Crippen LogP contribution in [0.2, 0.25) is 0 Å². The van der Waals surface area contributed by atoms with Crippen LogP contribution in [-0.4, -0.2) is 22.5 Å². The molecule has 2 amide bonds. The van der Waals surface area contributed by atoms with Crippen LogP contribution in [0, 0.1) is 28.4 Å². The van der Waals surface area contributed by atoms with Gasteiger partial charge in [0.2, 0.25) is 5.91 Å². The highest BCUT2D eigenvalue weighted by atomic mass is 32.2. The molecule has 1 aromatic heterocycles. The zero-order valence-corrected chi connectivity index (χ0v) is 22.1. The highest BCUT2D eigenvalue weighted by Crippen LogP contribution is 2.42. The van der Waals surface area contributed by atoms with Crippen LogP contribution in [0.1, 0.15) is 23.3 Å². The number of anilines is 2. The first-order valence-corrected chi connectivity index (χ1v) is 13.3. The number of hydrogen-bond acceptors (Lipinski definition) is 8. The summed E-state index contributed by atoms with van der Waals surface area (Å²) in [6, 6.07) is 19.3. The van der Waals surface area contributed by atoms with E-state index < -0.39 is 16.7 Å². The summed E-state index contributed by atoms with van der Waals surface area (Å²) in [5.41, 5.74) is 2.77. The molecule has 1 aliphatic heterocycles. The monoisotopic (exact) mass is 545 g/mol. The molecule has 11 heteroatoms.